The van der Waals surface area contributed by atoms with Crippen LogP contribution >= 0.6 is 23.2 Å². The van der Waals surface area contributed by atoms with Gasteiger partial charge >= 0.3 is 6.09 Å². The zero-order chi connectivity index (χ0) is 25.0. The Labute approximate surface area is 209 Å². The predicted octanol–water partition coefficient (Wildman–Crippen LogP) is 5.33. The molecule has 1 fully saturated rings. The van der Waals surface area contributed by atoms with E-state index in [4.69, 9.17) is 27.9 Å². The van der Waals surface area contributed by atoms with Crippen LogP contribution in [0.5, 0.6) is 0 Å². The number of aliphatic hydroxyl groups excluding tert-OH is 1. The van der Waals surface area contributed by atoms with Crippen molar-refractivity contribution in [3.63, 3.8) is 0 Å². The largest absolute Gasteiger partial charge is 0.444 e. The number of nitrogens with zero attached hydrogens (tertiary/aromatic N) is 1. The number of aliphatic hydroxyl groups is 1. The molecule has 3 rings (SSSR count). The average molecular weight is 511 g/mol. The number of ether oxygens (including phenoxy) is 1. The predicted molar refractivity (Wildman–Crippen MR) is 131 cm³/mol. The van der Waals surface area contributed by atoms with Gasteiger partial charge in [0.05, 0.1) is 12.1 Å². The first-order valence-electron chi connectivity index (χ1n) is 11.0. The molecular formula is C25H29Cl2FN2O4. The Morgan fingerprint density at radius 3 is 2.12 bits per heavy atom. The molecule has 34 heavy (non-hydrogen) atoms. The highest BCUT2D eigenvalue weighted by molar-refractivity contribution is 6.53. The van der Waals surface area contributed by atoms with Crippen molar-refractivity contribution in [3.05, 3.63) is 59.7 Å². The van der Waals surface area contributed by atoms with E-state index in [1.165, 1.54) is 0 Å². The Morgan fingerprint density at radius 2 is 1.68 bits per heavy atom. The summed E-state index contributed by atoms with van der Waals surface area (Å²) in [7, 11) is 0. The van der Waals surface area contributed by atoms with E-state index in [1.54, 1.807) is 17.0 Å². The topological polar surface area (TPSA) is 78.9 Å². The van der Waals surface area contributed by atoms with Gasteiger partial charge < -0.3 is 20.1 Å². The Kier molecular flexibility index (Phi) is 8.44. The Hall–Kier alpha value is -2.35. The van der Waals surface area contributed by atoms with E-state index in [0.717, 1.165) is 23.1 Å². The van der Waals surface area contributed by atoms with Gasteiger partial charge in [0.2, 0.25) is 0 Å². The van der Waals surface area contributed by atoms with Crippen LogP contribution in [0.25, 0.3) is 11.1 Å². The van der Waals surface area contributed by atoms with Crippen LogP contribution in [0.2, 0.25) is 0 Å². The molecule has 2 N–H and O–H groups in total. The van der Waals surface area contributed by atoms with Gasteiger partial charge in [-0.15, -0.1) is 0 Å². The number of halogens is 3. The number of benzene rings is 2. The molecule has 3 atom stereocenters. The van der Waals surface area contributed by atoms with Gasteiger partial charge in [-0.3, -0.25) is 4.79 Å². The molecule has 0 saturated carbocycles. The molecule has 0 bridgehead atoms. The molecule has 1 unspecified atom stereocenters. The van der Waals surface area contributed by atoms with Gasteiger partial charge in [0.1, 0.15) is 18.4 Å². The number of rotatable bonds is 7. The maximum Gasteiger partial charge on any atom is 0.410 e. The molecule has 1 aliphatic heterocycles. The Morgan fingerprint density at radius 1 is 1.12 bits per heavy atom. The van der Waals surface area contributed by atoms with Gasteiger partial charge in [-0.2, -0.15) is 0 Å². The van der Waals surface area contributed by atoms with E-state index in [9.17, 15) is 19.1 Å². The van der Waals surface area contributed by atoms with Gasteiger partial charge in [-0.05, 0) is 49.4 Å². The van der Waals surface area contributed by atoms with Crippen molar-refractivity contribution >= 4 is 35.2 Å². The first-order valence-corrected chi connectivity index (χ1v) is 11.9. The molecule has 1 aliphatic rings. The van der Waals surface area contributed by atoms with Crippen molar-refractivity contribution in [3.8, 4) is 11.1 Å². The molecule has 184 valence electrons. The quantitative estimate of drug-likeness (QED) is 0.493. The molecule has 1 heterocycles. The molecule has 1 saturated heterocycles. The lowest BCUT2D eigenvalue weighted by atomic mass is 9.93. The zero-order valence-electron chi connectivity index (χ0n) is 19.3. The second-order valence-corrected chi connectivity index (χ2v) is 10.3. The van der Waals surface area contributed by atoms with Crippen molar-refractivity contribution < 1.29 is 23.8 Å². The van der Waals surface area contributed by atoms with Crippen molar-refractivity contribution in [2.24, 2.45) is 0 Å². The first-order chi connectivity index (χ1) is 16.0. The van der Waals surface area contributed by atoms with E-state index >= 15 is 0 Å². The van der Waals surface area contributed by atoms with Crippen LogP contribution in [0.3, 0.4) is 0 Å². The summed E-state index contributed by atoms with van der Waals surface area (Å²) in [6.07, 6.45) is -0.682. The highest BCUT2D eigenvalue weighted by atomic mass is 35.5. The van der Waals surface area contributed by atoms with Gasteiger partial charge in [0.15, 0.2) is 4.84 Å². The van der Waals surface area contributed by atoms with E-state index in [0.29, 0.717) is 12.1 Å². The minimum Gasteiger partial charge on any atom is -0.444 e. The Bertz CT molecular complexity index is 993. The number of hydrogen-bond donors (Lipinski definition) is 2. The number of amides is 2. The highest BCUT2D eigenvalue weighted by Crippen LogP contribution is 2.35. The summed E-state index contributed by atoms with van der Waals surface area (Å²) in [5.74, 6) is -0.765. The van der Waals surface area contributed by atoms with Crippen LogP contribution < -0.4 is 5.32 Å². The van der Waals surface area contributed by atoms with Crippen molar-refractivity contribution in [2.45, 2.75) is 55.8 Å². The normalized spacial score (nSPS) is 17.6. The first kappa shape index (κ1) is 26.3. The van der Waals surface area contributed by atoms with Crippen molar-refractivity contribution in [2.75, 3.05) is 13.2 Å². The van der Waals surface area contributed by atoms with Crippen LogP contribution in [0.15, 0.2) is 48.5 Å². The van der Waals surface area contributed by atoms with Gasteiger partial charge in [-0.25, -0.2) is 9.18 Å². The number of hydrogen-bond acceptors (Lipinski definition) is 4. The molecule has 2 amide bonds. The summed E-state index contributed by atoms with van der Waals surface area (Å²) in [4.78, 5) is 24.4. The number of carbonyl (C=O) groups is 2. The fraction of sp³-hybridized carbons (Fsp3) is 0.440. The van der Waals surface area contributed by atoms with Crippen molar-refractivity contribution in [1.82, 2.24) is 10.2 Å². The van der Waals surface area contributed by atoms with Crippen LogP contribution in [0.1, 0.15) is 50.5 Å². The van der Waals surface area contributed by atoms with Crippen LogP contribution in [0, 0.1) is 0 Å². The van der Waals surface area contributed by atoms with E-state index in [-0.39, 0.29) is 12.1 Å². The maximum atomic E-state index is 13.4. The van der Waals surface area contributed by atoms with Crippen LogP contribution in [-0.2, 0) is 9.53 Å². The second-order valence-electron chi connectivity index (χ2n) is 9.24. The molecule has 0 aromatic heterocycles. The maximum absolute atomic E-state index is 13.4. The van der Waals surface area contributed by atoms with Crippen molar-refractivity contribution in [1.29, 1.82) is 0 Å². The lowest BCUT2D eigenvalue weighted by Gasteiger charge is -2.41. The SMILES string of the molecule is CC(C)(C)OC(=O)N1CCC1c1ccc(-c2ccc([C@@H](O)[C@@H](CF)NC(=O)C(Cl)Cl)cc2)cc1. The van der Waals surface area contributed by atoms with Gasteiger partial charge in [-0.1, -0.05) is 71.7 Å². The molecule has 9 heteroatoms. The number of likely N-dealkylation sites (tertiary alicyclic amines) is 1. The zero-order valence-corrected chi connectivity index (χ0v) is 20.8. The summed E-state index contributed by atoms with van der Waals surface area (Å²) in [5.41, 5.74) is 2.81. The summed E-state index contributed by atoms with van der Waals surface area (Å²) in [6.45, 7) is 5.24. The number of carbonyl (C=O) groups excluding carboxylic acids is 2. The van der Waals surface area contributed by atoms with Crippen LogP contribution in [-0.4, -0.2) is 51.7 Å². The minimum absolute atomic E-state index is 0.00478. The lowest BCUT2D eigenvalue weighted by Crippen LogP contribution is -2.47. The lowest BCUT2D eigenvalue weighted by molar-refractivity contribution is -0.121. The third-order valence-corrected chi connectivity index (χ3v) is 6.00. The third-order valence-electron chi connectivity index (χ3n) is 5.60. The Balaban J connectivity index is 1.66. The molecule has 0 aliphatic carbocycles. The molecule has 2 aromatic rings. The summed E-state index contributed by atoms with van der Waals surface area (Å²) >= 11 is 11.0. The molecule has 6 nitrogen and oxygen atoms in total. The monoisotopic (exact) mass is 510 g/mol. The fourth-order valence-corrected chi connectivity index (χ4v) is 3.85. The summed E-state index contributed by atoms with van der Waals surface area (Å²) in [6, 6.07) is 13.7. The molecular weight excluding hydrogens is 482 g/mol. The van der Waals surface area contributed by atoms with E-state index < -0.39 is 35.2 Å². The molecule has 0 spiro atoms. The standard InChI is InChI=1S/C25H29Cl2FN2O4/c1-25(2,3)34-24(33)30-13-12-20(30)17-8-4-15(5-9-17)16-6-10-18(11-7-16)21(31)19(14-28)29-23(32)22(26)27/h4-11,19-22,31H,12-14H2,1-3H3,(H,29,32)/t19-,20?,21-/m1/s1. The number of nitrogens with one attached hydrogen (secondary N) is 1. The van der Waals surface area contributed by atoms with E-state index in [2.05, 4.69) is 5.32 Å². The average Bonchev–Trinajstić information content (AvgIpc) is 2.75. The second kappa shape index (κ2) is 10.9. The van der Waals surface area contributed by atoms with Gasteiger partial charge in [0.25, 0.3) is 5.91 Å². The van der Waals surface area contributed by atoms with E-state index in [1.807, 2.05) is 57.2 Å². The number of alkyl halides is 3. The summed E-state index contributed by atoms with van der Waals surface area (Å²) < 4.78 is 18.8. The highest BCUT2D eigenvalue weighted by Gasteiger charge is 2.36. The summed E-state index contributed by atoms with van der Waals surface area (Å²) in [5, 5.41) is 12.8. The molecule has 2 aromatic carbocycles. The van der Waals surface area contributed by atoms with Gasteiger partial charge in [0, 0.05) is 6.54 Å². The third kappa shape index (κ3) is 6.40. The fourth-order valence-electron chi connectivity index (χ4n) is 3.72. The minimum atomic E-state index is -1.34. The smallest absolute Gasteiger partial charge is 0.410 e. The molecule has 0 radical (unpaired) electrons. The van der Waals surface area contributed by atoms with Crippen LogP contribution in [0.4, 0.5) is 9.18 Å².